The molecule has 6 heteroatoms. The van der Waals surface area contributed by atoms with E-state index in [0.29, 0.717) is 13.2 Å². The first kappa shape index (κ1) is 17.6. The highest BCUT2D eigenvalue weighted by atomic mass is 16.5. The number of aromatic nitrogens is 2. The van der Waals surface area contributed by atoms with Gasteiger partial charge in [-0.1, -0.05) is 6.07 Å². The Balaban J connectivity index is 1.42. The Labute approximate surface area is 149 Å². The van der Waals surface area contributed by atoms with Crippen LogP contribution < -0.4 is 9.64 Å². The number of rotatable bonds is 6. The predicted octanol–water partition coefficient (Wildman–Crippen LogP) is 1.66. The van der Waals surface area contributed by atoms with Crippen molar-refractivity contribution in [2.24, 2.45) is 0 Å². The summed E-state index contributed by atoms with van der Waals surface area (Å²) in [5.74, 6) is 1.60. The zero-order valence-electron chi connectivity index (χ0n) is 14.9. The number of hydrogen-bond acceptors (Lipinski definition) is 6. The molecule has 1 N–H and O–H groups in total. The SMILES string of the molecule is Cc1cc(C)cc(OC[C@@H](O)CN2CCN(c3ncccn3)CC2)c1. The van der Waals surface area contributed by atoms with Gasteiger partial charge in [-0.15, -0.1) is 0 Å². The van der Waals surface area contributed by atoms with Gasteiger partial charge in [0, 0.05) is 45.1 Å². The second-order valence-electron chi connectivity index (χ2n) is 6.62. The average molecular weight is 342 g/mol. The topological polar surface area (TPSA) is 61.7 Å². The summed E-state index contributed by atoms with van der Waals surface area (Å²) in [6, 6.07) is 7.93. The summed E-state index contributed by atoms with van der Waals surface area (Å²) in [5, 5.41) is 10.3. The van der Waals surface area contributed by atoms with Gasteiger partial charge in [-0.2, -0.15) is 0 Å². The van der Waals surface area contributed by atoms with Crippen LogP contribution in [0.2, 0.25) is 0 Å². The molecule has 0 amide bonds. The molecule has 1 fully saturated rings. The molecule has 1 aromatic carbocycles. The van der Waals surface area contributed by atoms with Crippen molar-refractivity contribution in [1.82, 2.24) is 14.9 Å². The van der Waals surface area contributed by atoms with Gasteiger partial charge in [0.15, 0.2) is 0 Å². The summed E-state index contributed by atoms with van der Waals surface area (Å²) in [6.07, 6.45) is 3.03. The normalized spacial score (nSPS) is 16.7. The van der Waals surface area contributed by atoms with E-state index in [2.05, 4.69) is 25.8 Å². The zero-order valence-corrected chi connectivity index (χ0v) is 14.9. The molecule has 0 saturated carbocycles. The highest BCUT2D eigenvalue weighted by molar-refractivity contribution is 5.33. The molecule has 0 bridgehead atoms. The first-order chi connectivity index (χ1) is 12.1. The maximum atomic E-state index is 10.3. The van der Waals surface area contributed by atoms with Gasteiger partial charge in [0.05, 0.1) is 0 Å². The minimum atomic E-state index is -0.500. The number of piperazine rings is 1. The molecular formula is C19H26N4O2. The van der Waals surface area contributed by atoms with Crippen LogP contribution in [-0.2, 0) is 0 Å². The van der Waals surface area contributed by atoms with Gasteiger partial charge in [0.25, 0.3) is 0 Å². The van der Waals surface area contributed by atoms with Crippen molar-refractivity contribution in [2.75, 3.05) is 44.2 Å². The molecule has 3 rings (SSSR count). The molecule has 6 nitrogen and oxygen atoms in total. The largest absolute Gasteiger partial charge is 0.491 e. The fourth-order valence-corrected chi connectivity index (χ4v) is 3.14. The molecule has 0 unspecified atom stereocenters. The Hall–Kier alpha value is -2.18. The number of hydrogen-bond donors (Lipinski definition) is 1. The quantitative estimate of drug-likeness (QED) is 0.861. The van der Waals surface area contributed by atoms with Crippen molar-refractivity contribution < 1.29 is 9.84 Å². The van der Waals surface area contributed by atoms with E-state index < -0.39 is 6.10 Å². The smallest absolute Gasteiger partial charge is 0.225 e. The van der Waals surface area contributed by atoms with Crippen LogP contribution in [0.15, 0.2) is 36.7 Å². The Kier molecular flexibility index (Phi) is 5.83. The van der Waals surface area contributed by atoms with Gasteiger partial charge in [-0.3, -0.25) is 4.90 Å². The number of anilines is 1. The average Bonchev–Trinajstić information content (AvgIpc) is 2.61. The molecule has 2 heterocycles. The zero-order chi connectivity index (χ0) is 17.6. The van der Waals surface area contributed by atoms with Crippen LogP contribution in [0.4, 0.5) is 5.95 Å². The van der Waals surface area contributed by atoms with Crippen LogP contribution in [0.3, 0.4) is 0 Å². The second-order valence-corrected chi connectivity index (χ2v) is 6.62. The Morgan fingerprint density at radius 3 is 2.32 bits per heavy atom. The van der Waals surface area contributed by atoms with E-state index in [9.17, 15) is 5.11 Å². The Morgan fingerprint density at radius 1 is 1.04 bits per heavy atom. The van der Waals surface area contributed by atoms with Crippen LogP contribution >= 0.6 is 0 Å². The summed E-state index contributed by atoms with van der Waals surface area (Å²) in [7, 11) is 0. The van der Waals surface area contributed by atoms with Gasteiger partial charge in [0.2, 0.25) is 5.95 Å². The van der Waals surface area contributed by atoms with E-state index in [4.69, 9.17) is 4.74 Å². The number of nitrogens with zero attached hydrogens (tertiary/aromatic N) is 4. The van der Waals surface area contributed by atoms with Crippen molar-refractivity contribution in [1.29, 1.82) is 0 Å². The molecule has 1 aromatic heterocycles. The number of aliphatic hydroxyl groups is 1. The molecule has 1 aliphatic rings. The van der Waals surface area contributed by atoms with E-state index in [-0.39, 0.29) is 0 Å². The summed E-state index contributed by atoms with van der Waals surface area (Å²) in [6.45, 7) is 8.54. The maximum absolute atomic E-state index is 10.3. The molecule has 1 aliphatic heterocycles. The summed E-state index contributed by atoms with van der Waals surface area (Å²) >= 11 is 0. The lowest BCUT2D eigenvalue weighted by Crippen LogP contribution is -2.49. The van der Waals surface area contributed by atoms with Crippen LogP contribution in [0.1, 0.15) is 11.1 Å². The van der Waals surface area contributed by atoms with Crippen molar-refractivity contribution >= 4 is 5.95 Å². The molecule has 0 spiro atoms. The highest BCUT2D eigenvalue weighted by Crippen LogP contribution is 2.16. The van der Waals surface area contributed by atoms with Crippen LogP contribution in [0, 0.1) is 13.8 Å². The first-order valence-corrected chi connectivity index (χ1v) is 8.73. The first-order valence-electron chi connectivity index (χ1n) is 8.73. The van der Waals surface area contributed by atoms with Gasteiger partial charge >= 0.3 is 0 Å². The lowest BCUT2D eigenvalue weighted by atomic mass is 10.1. The predicted molar refractivity (Wildman–Crippen MR) is 98.1 cm³/mol. The van der Waals surface area contributed by atoms with Gasteiger partial charge < -0.3 is 14.7 Å². The monoisotopic (exact) mass is 342 g/mol. The molecule has 0 radical (unpaired) electrons. The Morgan fingerprint density at radius 2 is 1.68 bits per heavy atom. The fourth-order valence-electron chi connectivity index (χ4n) is 3.14. The third-order valence-corrected chi connectivity index (χ3v) is 4.31. The molecule has 2 aromatic rings. The van der Waals surface area contributed by atoms with Gasteiger partial charge in [-0.05, 0) is 43.2 Å². The molecule has 1 saturated heterocycles. The second kappa shape index (κ2) is 8.27. The minimum Gasteiger partial charge on any atom is -0.491 e. The summed E-state index contributed by atoms with van der Waals surface area (Å²) < 4.78 is 5.75. The highest BCUT2D eigenvalue weighted by Gasteiger charge is 2.20. The molecule has 1 atom stereocenters. The van der Waals surface area contributed by atoms with Gasteiger partial charge in [0.1, 0.15) is 18.5 Å². The van der Waals surface area contributed by atoms with Crippen molar-refractivity contribution in [3.63, 3.8) is 0 Å². The lowest BCUT2D eigenvalue weighted by molar-refractivity contribution is 0.0662. The lowest BCUT2D eigenvalue weighted by Gasteiger charge is -2.35. The molecular weight excluding hydrogens is 316 g/mol. The third-order valence-electron chi connectivity index (χ3n) is 4.31. The van der Waals surface area contributed by atoms with E-state index in [0.717, 1.165) is 37.9 Å². The number of aryl methyl sites for hydroxylation is 2. The van der Waals surface area contributed by atoms with Crippen LogP contribution in [-0.4, -0.2) is 65.4 Å². The Bertz CT molecular complexity index is 652. The van der Waals surface area contributed by atoms with Crippen molar-refractivity contribution in [2.45, 2.75) is 20.0 Å². The number of ether oxygens (including phenoxy) is 1. The van der Waals surface area contributed by atoms with Crippen molar-refractivity contribution in [3.05, 3.63) is 47.8 Å². The summed E-state index contributed by atoms with van der Waals surface area (Å²) in [5.41, 5.74) is 2.34. The maximum Gasteiger partial charge on any atom is 0.225 e. The molecule has 0 aliphatic carbocycles. The van der Waals surface area contributed by atoms with Gasteiger partial charge in [-0.25, -0.2) is 9.97 Å². The standard InChI is InChI=1S/C19H26N4O2/c1-15-10-16(2)12-18(11-15)25-14-17(24)13-22-6-8-23(9-7-22)19-20-4-3-5-21-19/h3-5,10-12,17,24H,6-9,13-14H2,1-2H3/t17-/m0/s1. The van der Waals surface area contributed by atoms with E-state index in [1.54, 1.807) is 12.4 Å². The number of benzene rings is 1. The molecule has 134 valence electrons. The van der Waals surface area contributed by atoms with Crippen molar-refractivity contribution in [3.8, 4) is 5.75 Å². The van der Waals surface area contributed by atoms with Crippen LogP contribution in [0.25, 0.3) is 0 Å². The third kappa shape index (κ3) is 5.14. The summed E-state index contributed by atoms with van der Waals surface area (Å²) in [4.78, 5) is 13.0. The van der Waals surface area contributed by atoms with E-state index >= 15 is 0 Å². The van der Waals surface area contributed by atoms with E-state index in [1.165, 1.54) is 11.1 Å². The van der Waals surface area contributed by atoms with E-state index in [1.807, 2.05) is 32.0 Å². The minimum absolute atomic E-state index is 0.310. The fraction of sp³-hybridized carbons (Fsp3) is 0.474. The molecule has 25 heavy (non-hydrogen) atoms. The van der Waals surface area contributed by atoms with Crippen LogP contribution in [0.5, 0.6) is 5.75 Å². The number of β-amino-alcohol motifs (C(OH)–C–C–N with tert-alkyl or cyclic N) is 1. The number of aliphatic hydroxyl groups excluding tert-OH is 1.